The predicted molar refractivity (Wildman–Crippen MR) is 111 cm³/mol. The summed E-state index contributed by atoms with van der Waals surface area (Å²) in [5, 5.41) is 3.16. The summed E-state index contributed by atoms with van der Waals surface area (Å²) in [5.41, 5.74) is 1.40. The number of likely N-dealkylation sites (tertiary alicyclic amines) is 1. The van der Waals surface area contributed by atoms with Crippen LogP contribution in [0.4, 0.5) is 0 Å². The molecule has 1 aliphatic heterocycles. The van der Waals surface area contributed by atoms with Crippen molar-refractivity contribution in [2.45, 2.75) is 19.3 Å². The third-order valence-corrected chi connectivity index (χ3v) is 5.19. The molecule has 0 atom stereocenters. The van der Waals surface area contributed by atoms with E-state index in [1.807, 2.05) is 0 Å². The van der Waals surface area contributed by atoms with E-state index in [4.69, 9.17) is 0 Å². The lowest BCUT2D eigenvalue weighted by Gasteiger charge is -2.34. The van der Waals surface area contributed by atoms with Crippen LogP contribution in [0.5, 0.6) is 0 Å². The van der Waals surface area contributed by atoms with Crippen LogP contribution in [0.15, 0.2) is 35.3 Å². The van der Waals surface area contributed by atoms with Crippen LogP contribution in [-0.4, -0.2) is 58.0 Å². The first-order chi connectivity index (χ1) is 11.0. The molecule has 5 nitrogen and oxygen atoms in total. The van der Waals surface area contributed by atoms with Gasteiger partial charge in [-0.3, -0.25) is 4.99 Å². The second-order valence-corrected chi connectivity index (χ2v) is 8.48. The number of hydrogen-bond donors (Lipinski definition) is 1. The van der Waals surface area contributed by atoms with Crippen molar-refractivity contribution in [3.8, 4) is 0 Å². The lowest BCUT2D eigenvalue weighted by atomic mass is 9.90. The van der Waals surface area contributed by atoms with Gasteiger partial charge in [-0.1, -0.05) is 30.3 Å². The van der Waals surface area contributed by atoms with E-state index in [-0.39, 0.29) is 29.7 Å². The summed E-state index contributed by atoms with van der Waals surface area (Å²) in [6.45, 7) is 2.35. The molecule has 2 rings (SSSR count). The Labute approximate surface area is 162 Å². The van der Waals surface area contributed by atoms with Crippen molar-refractivity contribution in [1.29, 1.82) is 0 Å². The highest BCUT2D eigenvalue weighted by Gasteiger charge is 2.21. The van der Waals surface area contributed by atoms with Crippen LogP contribution in [0, 0.1) is 5.92 Å². The minimum absolute atomic E-state index is 0. The zero-order valence-electron chi connectivity index (χ0n) is 14.4. The third-order valence-electron chi connectivity index (χ3n) is 4.25. The Balaban J connectivity index is 0.00000288. The zero-order valence-corrected chi connectivity index (χ0v) is 17.6. The number of nitrogens with one attached hydrogen (secondary N) is 1. The number of piperidine rings is 1. The molecule has 0 aromatic heterocycles. The number of benzene rings is 1. The van der Waals surface area contributed by atoms with Gasteiger partial charge >= 0.3 is 0 Å². The first-order valence-electron chi connectivity index (χ1n) is 8.15. The normalized spacial score (nSPS) is 16.6. The quantitative estimate of drug-likeness (QED) is 0.412. The molecule has 0 bridgehead atoms. The highest BCUT2D eigenvalue weighted by atomic mass is 127. The summed E-state index contributed by atoms with van der Waals surface area (Å²) < 4.78 is 22.4. The van der Waals surface area contributed by atoms with Gasteiger partial charge in [0.15, 0.2) is 5.96 Å². The average Bonchev–Trinajstić information content (AvgIpc) is 2.53. The van der Waals surface area contributed by atoms with Gasteiger partial charge in [0, 0.05) is 32.9 Å². The molecule has 1 aromatic rings. The summed E-state index contributed by atoms with van der Waals surface area (Å²) in [4.78, 5) is 6.50. The van der Waals surface area contributed by atoms with E-state index in [0.29, 0.717) is 12.5 Å². The lowest BCUT2D eigenvalue weighted by molar-refractivity contribution is 0.259. The highest BCUT2D eigenvalue weighted by Crippen LogP contribution is 2.21. The van der Waals surface area contributed by atoms with Crippen LogP contribution in [0.2, 0.25) is 0 Å². The van der Waals surface area contributed by atoms with Crippen LogP contribution in [-0.2, 0) is 16.3 Å². The molecule has 7 heteroatoms. The molecule has 0 saturated carbocycles. The molecule has 1 N–H and O–H groups in total. The minimum atomic E-state index is -2.94. The van der Waals surface area contributed by atoms with Gasteiger partial charge in [-0.2, -0.15) is 0 Å². The molecule has 24 heavy (non-hydrogen) atoms. The van der Waals surface area contributed by atoms with Crippen LogP contribution in [0.3, 0.4) is 0 Å². The highest BCUT2D eigenvalue weighted by molar-refractivity contribution is 14.0. The van der Waals surface area contributed by atoms with Gasteiger partial charge in [0.05, 0.1) is 5.75 Å². The SMILES string of the molecule is CN=C(NCCS(C)(=O)=O)N1CCC(Cc2ccccc2)CC1.I. The van der Waals surface area contributed by atoms with Crippen molar-refractivity contribution in [2.24, 2.45) is 10.9 Å². The summed E-state index contributed by atoms with van der Waals surface area (Å²) >= 11 is 0. The molecular weight excluding hydrogens is 437 g/mol. The molecule has 136 valence electrons. The first-order valence-corrected chi connectivity index (χ1v) is 10.2. The second kappa shape index (κ2) is 10.2. The van der Waals surface area contributed by atoms with Crippen molar-refractivity contribution in [2.75, 3.05) is 38.7 Å². The molecular formula is C17H28IN3O2S. The zero-order chi connectivity index (χ0) is 16.7. The molecule has 0 unspecified atom stereocenters. The molecule has 0 aliphatic carbocycles. The molecule has 1 saturated heterocycles. The molecule has 1 aromatic carbocycles. The van der Waals surface area contributed by atoms with Gasteiger partial charge in [0.2, 0.25) is 0 Å². The van der Waals surface area contributed by atoms with Crippen molar-refractivity contribution in [3.05, 3.63) is 35.9 Å². The van der Waals surface area contributed by atoms with Crippen molar-refractivity contribution < 1.29 is 8.42 Å². The summed E-state index contributed by atoms with van der Waals surface area (Å²) in [6, 6.07) is 10.6. The van der Waals surface area contributed by atoms with Crippen molar-refractivity contribution in [3.63, 3.8) is 0 Å². The summed E-state index contributed by atoms with van der Waals surface area (Å²) in [7, 11) is -1.19. The Hall–Kier alpha value is -0.830. The van der Waals surface area contributed by atoms with Gasteiger partial charge in [-0.05, 0) is 30.7 Å². The number of nitrogens with zero attached hydrogens (tertiary/aromatic N) is 2. The van der Waals surface area contributed by atoms with Crippen LogP contribution >= 0.6 is 24.0 Å². The standard InChI is InChI=1S/C17H27N3O2S.HI/c1-18-17(19-10-13-23(2,21)22)20-11-8-16(9-12-20)14-15-6-4-3-5-7-15;/h3-7,16H,8-14H2,1-2H3,(H,18,19);1H. The van der Waals surface area contributed by atoms with E-state index in [1.54, 1.807) is 7.05 Å². The van der Waals surface area contributed by atoms with E-state index < -0.39 is 9.84 Å². The smallest absolute Gasteiger partial charge is 0.193 e. The third kappa shape index (κ3) is 7.38. The van der Waals surface area contributed by atoms with E-state index in [1.165, 1.54) is 11.8 Å². The maximum atomic E-state index is 11.2. The maximum Gasteiger partial charge on any atom is 0.193 e. The lowest BCUT2D eigenvalue weighted by Crippen LogP contribution is -2.46. The van der Waals surface area contributed by atoms with Crippen molar-refractivity contribution in [1.82, 2.24) is 10.2 Å². The molecule has 0 spiro atoms. The Kier molecular flexibility index (Phi) is 9.04. The largest absolute Gasteiger partial charge is 0.355 e. The van der Waals surface area contributed by atoms with E-state index in [2.05, 4.69) is 45.5 Å². The second-order valence-electron chi connectivity index (χ2n) is 6.22. The van der Waals surface area contributed by atoms with E-state index in [0.717, 1.165) is 38.3 Å². The topological polar surface area (TPSA) is 61.8 Å². The summed E-state index contributed by atoms with van der Waals surface area (Å²) in [5.74, 6) is 1.66. The number of guanidine groups is 1. The monoisotopic (exact) mass is 465 g/mol. The van der Waals surface area contributed by atoms with Crippen LogP contribution in [0.25, 0.3) is 0 Å². The Morgan fingerprint density at radius 1 is 1.25 bits per heavy atom. The van der Waals surface area contributed by atoms with E-state index in [9.17, 15) is 8.42 Å². The number of hydrogen-bond acceptors (Lipinski definition) is 3. The van der Waals surface area contributed by atoms with Gasteiger partial charge in [0.25, 0.3) is 0 Å². The molecule has 0 radical (unpaired) electrons. The average molecular weight is 465 g/mol. The van der Waals surface area contributed by atoms with Crippen molar-refractivity contribution >= 4 is 39.8 Å². The molecule has 1 fully saturated rings. The van der Waals surface area contributed by atoms with Gasteiger partial charge in [-0.25, -0.2) is 8.42 Å². The summed E-state index contributed by atoms with van der Waals surface area (Å²) in [6.07, 6.45) is 4.67. The fraction of sp³-hybridized carbons (Fsp3) is 0.588. The van der Waals surface area contributed by atoms with Gasteiger partial charge in [-0.15, -0.1) is 24.0 Å². The molecule has 1 aliphatic rings. The number of sulfone groups is 1. The molecule has 1 heterocycles. The number of rotatable bonds is 5. The molecule has 0 amide bonds. The Morgan fingerprint density at radius 3 is 2.42 bits per heavy atom. The minimum Gasteiger partial charge on any atom is -0.355 e. The Morgan fingerprint density at radius 2 is 1.88 bits per heavy atom. The maximum absolute atomic E-state index is 11.2. The van der Waals surface area contributed by atoms with Crippen LogP contribution in [0.1, 0.15) is 18.4 Å². The van der Waals surface area contributed by atoms with Gasteiger partial charge in [0.1, 0.15) is 9.84 Å². The number of aliphatic imine (C=N–C) groups is 1. The first kappa shape index (κ1) is 21.2. The van der Waals surface area contributed by atoms with Gasteiger partial charge < -0.3 is 10.2 Å². The fourth-order valence-electron chi connectivity index (χ4n) is 2.98. The van der Waals surface area contributed by atoms with E-state index >= 15 is 0 Å². The Bertz CT molecular complexity index is 612. The van der Waals surface area contributed by atoms with Crippen LogP contribution < -0.4 is 5.32 Å². The number of halogens is 1. The predicted octanol–water partition coefficient (Wildman–Crippen LogP) is 2.18. The fourth-order valence-corrected chi connectivity index (χ4v) is 3.45.